The van der Waals surface area contributed by atoms with Crippen LogP contribution in [-0.2, 0) is 16.0 Å². The summed E-state index contributed by atoms with van der Waals surface area (Å²) >= 11 is 0. The Hall–Kier alpha value is -3.86. The minimum absolute atomic E-state index is 0.0713. The lowest BCUT2D eigenvalue weighted by Crippen LogP contribution is -2.45. The van der Waals surface area contributed by atoms with Crippen molar-refractivity contribution < 1.29 is 14.3 Å². The highest BCUT2D eigenvalue weighted by Crippen LogP contribution is 2.36. The summed E-state index contributed by atoms with van der Waals surface area (Å²) in [5, 5.41) is 2.87. The van der Waals surface area contributed by atoms with E-state index in [1.54, 1.807) is 36.1 Å². The molecular weight excluding hydrogens is 400 g/mol. The van der Waals surface area contributed by atoms with Crippen molar-refractivity contribution in [3.05, 3.63) is 96.1 Å². The molecule has 3 aromatic rings. The summed E-state index contributed by atoms with van der Waals surface area (Å²) in [5.41, 5.74) is 3.50. The van der Waals surface area contributed by atoms with Crippen LogP contribution in [0.2, 0.25) is 0 Å². The van der Waals surface area contributed by atoms with E-state index in [0.717, 1.165) is 18.4 Å². The standard InChI is InChI=1S/C27H26N2O3/c1-20-27(31)29(18-8-13-21-9-4-2-5-10-21)24-19-23(15-16-25(24)32-20)28-26(30)17-14-22-11-6-3-7-12-22/h2-7,9-12,14-17,19-20H,8,13,18H2,1H3,(H,28,30)/b17-14+. The SMILES string of the molecule is CC1Oc2ccc(NC(=O)/C=C/c3ccccc3)cc2N(CCCc2ccccc2)C1=O. The number of ether oxygens (including phenoxy) is 1. The van der Waals surface area contributed by atoms with Gasteiger partial charge in [0.15, 0.2) is 6.10 Å². The Balaban J connectivity index is 1.46. The van der Waals surface area contributed by atoms with Gasteiger partial charge in [-0.25, -0.2) is 0 Å². The van der Waals surface area contributed by atoms with Crippen molar-refractivity contribution in [2.45, 2.75) is 25.9 Å². The monoisotopic (exact) mass is 426 g/mol. The van der Waals surface area contributed by atoms with Crippen LogP contribution in [0.25, 0.3) is 6.08 Å². The number of aryl methyl sites for hydroxylation is 1. The molecule has 0 saturated heterocycles. The van der Waals surface area contributed by atoms with Crippen LogP contribution < -0.4 is 15.0 Å². The first-order valence-corrected chi connectivity index (χ1v) is 10.8. The number of anilines is 2. The van der Waals surface area contributed by atoms with Crippen molar-refractivity contribution in [1.29, 1.82) is 0 Å². The Bertz CT molecular complexity index is 1110. The Labute approximate surface area is 188 Å². The Morgan fingerprint density at radius 2 is 1.75 bits per heavy atom. The Morgan fingerprint density at radius 3 is 2.50 bits per heavy atom. The second kappa shape index (κ2) is 9.96. The van der Waals surface area contributed by atoms with E-state index in [1.807, 2.05) is 48.5 Å². The van der Waals surface area contributed by atoms with Crippen molar-refractivity contribution in [3.8, 4) is 5.75 Å². The third kappa shape index (κ3) is 5.24. The number of nitrogens with zero attached hydrogens (tertiary/aromatic N) is 1. The van der Waals surface area contributed by atoms with Crippen molar-refractivity contribution in [3.63, 3.8) is 0 Å². The molecule has 1 aliphatic heterocycles. The molecule has 1 atom stereocenters. The molecule has 0 bridgehead atoms. The highest BCUT2D eigenvalue weighted by molar-refractivity contribution is 6.04. The molecule has 32 heavy (non-hydrogen) atoms. The van der Waals surface area contributed by atoms with Gasteiger partial charge >= 0.3 is 0 Å². The molecule has 162 valence electrons. The molecule has 3 aromatic carbocycles. The molecule has 0 spiro atoms. The summed E-state index contributed by atoms with van der Waals surface area (Å²) in [4.78, 5) is 27.0. The van der Waals surface area contributed by atoms with Gasteiger partial charge in [-0.05, 0) is 55.2 Å². The van der Waals surface area contributed by atoms with E-state index in [2.05, 4.69) is 17.4 Å². The van der Waals surface area contributed by atoms with Gasteiger partial charge in [-0.2, -0.15) is 0 Å². The number of carbonyl (C=O) groups is 2. The summed E-state index contributed by atoms with van der Waals surface area (Å²) in [7, 11) is 0. The van der Waals surface area contributed by atoms with Crippen LogP contribution in [-0.4, -0.2) is 24.5 Å². The van der Waals surface area contributed by atoms with Gasteiger partial charge in [0.25, 0.3) is 5.91 Å². The van der Waals surface area contributed by atoms with E-state index in [4.69, 9.17) is 4.74 Å². The summed E-state index contributed by atoms with van der Waals surface area (Å²) in [5.74, 6) is 0.341. The second-order valence-corrected chi connectivity index (χ2v) is 7.75. The van der Waals surface area contributed by atoms with Gasteiger partial charge in [-0.3, -0.25) is 9.59 Å². The van der Waals surface area contributed by atoms with Gasteiger partial charge in [-0.15, -0.1) is 0 Å². The molecule has 0 fully saturated rings. The van der Waals surface area contributed by atoms with Gasteiger partial charge in [0.05, 0.1) is 5.69 Å². The van der Waals surface area contributed by atoms with Gasteiger partial charge in [0.1, 0.15) is 5.75 Å². The van der Waals surface area contributed by atoms with Crippen molar-refractivity contribution >= 4 is 29.3 Å². The molecule has 0 saturated carbocycles. The molecule has 0 radical (unpaired) electrons. The molecular formula is C27H26N2O3. The summed E-state index contributed by atoms with van der Waals surface area (Å²) in [6, 6.07) is 25.3. The van der Waals surface area contributed by atoms with E-state index in [-0.39, 0.29) is 11.8 Å². The lowest BCUT2D eigenvalue weighted by Gasteiger charge is -2.33. The summed E-state index contributed by atoms with van der Waals surface area (Å²) in [6.45, 7) is 2.35. The molecule has 1 N–H and O–H groups in total. The van der Waals surface area contributed by atoms with E-state index in [9.17, 15) is 9.59 Å². The van der Waals surface area contributed by atoms with Crippen LogP contribution in [0.3, 0.4) is 0 Å². The van der Waals surface area contributed by atoms with E-state index < -0.39 is 6.10 Å². The lowest BCUT2D eigenvalue weighted by atomic mass is 10.1. The second-order valence-electron chi connectivity index (χ2n) is 7.75. The van der Waals surface area contributed by atoms with Gasteiger partial charge in [0.2, 0.25) is 5.91 Å². The Kier molecular flexibility index (Phi) is 6.66. The molecule has 2 amide bonds. The predicted octanol–water partition coefficient (Wildman–Crippen LogP) is 5.09. The first-order valence-electron chi connectivity index (χ1n) is 10.8. The molecule has 5 nitrogen and oxygen atoms in total. The number of hydrogen-bond donors (Lipinski definition) is 1. The van der Waals surface area contributed by atoms with Crippen molar-refractivity contribution in [1.82, 2.24) is 0 Å². The highest BCUT2D eigenvalue weighted by atomic mass is 16.5. The zero-order valence-corrected chi connectivity index (χ0v) is 18.0. The van der Waals surface area contributed by atoms with Crippen LogP contribution >= 0.6 is 0 Å². The molecule has 0 aliphatic carbocycles. The number of fused-ring (bicyclic) bond motifs is 1. The van der Waals surface area contributed by atoms with Gasteiger partial charge in [0, 0.05) is 18.3 Å². The zero-order chi connectivity index (χ0) is 22.3. The first-order chi connectivity index (χ1) is 15.6. The van der Waals surface area contributed by atoms with Crippen LogP contribution in [0.4, 0.5) is 11.4 Å². The molecule has 1 aliphatic rings. The third-order valence-electron chi connectivity index (χ3n) is 5.35. The van der Waals surface area contributed by atoms with Crippen LogP contribution in [0, 0.1) is 0 Å². The topological polar surface area (TPSA) is 58.6 Å². The minimum atomic E-state index is -0.534. The minimum Gasteiger partial charge on any atom is -0.479 e. The van der Waals surface area contributed by atoms with Gasteiger partial charge < -0.3 is 15.0 Å². The number of benzene rings is 3. The van der Waals surface area contributed by atoms with Crippen LogP contribution in [0.1, 0.15) is 24.5 Å². The third-order valence-corrected chi connectivity index (χ3v) is 5.35. The van der Waals surface area contributed by atoms with Crippen molar-refractivity contribution in [2.75, 3.05) is 16.8 Å². The van der Waals surface area contributed by atoms with Crippen LogP contribution in [0.5, 0.6) is 5.75 Å². The fraction of sp³-hybridized carbons (Fsp3) is 0.185. The molecule has 1 heterocycles. The number of rotatable bonds is 7. The lowest BCUT2D eigenvalue weighted by molar-refractivity contribution is -0.125. The molecule has 4 rings (SSSR count). The largest absolute Gasteiger partial charge is 0.479 e. The quantitative estimate of drug-likeness (QED) is 0.536. The fourth-order valence-corrected chi connectivity index (χ4v) is 3.72. The first kappa shape index (κ1) is 21.4. The number of amides is 2. The number of carbonyl (C=O) groups excluding carboxylic acids is 2. The predicted molar refractivity (Wildman–Crippen MR) is 128 cm³/mol. The molecule has 0 aromatic heterocycles. The Morgan fingerprint density at radius 1 is 1.03 bits per heavy atom. The maximum absolute atomic E-state index is 12.8. The molecule has 5 heteroatoms. The normalized spacial score (nSPS) is 15.3. The van der Waals surface area contributed by atoms with Crippen molar-refractivity contribution in [2.24, 2.45) is 0 Å². The maximum atomic E-state index is 12.8. The summed E-state index contributed by atoms with van der Waals surface area (Å²) < 4.78 is 5.79. The number of nitrogens with one attached hydrogen (secondary N) is 1. The van der Waals surface area contributed by atoms with E-state index in [0.29, 0.717) is 23.7 Å². The highest BCUT2D eigenvalue weighted by Gasteiger charge is 2.31. The smallest absolute Gasteiger partial charge is 0.267 e. The zero-order valence-electron chi connectivity index (χ0n) is 18.0. The maximum Gasteiger partial charge on any atom is 0.267 e. The number of hydrogen-bond acceptors (Lipinski definition) is 3. The summed E-state index contributed by atoms with van der Waals surface area (Å²) in [6.07, 6.45) is 4.44. The average molecular weight is 427 g/mol. The van der Waals surface area contributed by atoms with E-state index in [1.165, 1.54) is 11.6 Å². The van der Waals surface area contributed by atoms with Gasteiger partial charge in [-0.1, -0.05) is 60.7 Å². The van der Waals surface area contributed by atoms with Crippen LogP contribution in [0.15, 0.2) is 84.9 Å². The average Bonchev–Trinajstić information content (AvgIpc) is 2.82. The van der Waals surface area contributed by atoms with E-state index >= 15 is 0 Å². The molecule has 1 unspecified atom stereocenters. The fourth-order valence-electron chi connectivity index (χ4n) is 3.72.